The summed E-state index contributed by atoms with van der Waals surface area (Å²) >= 11 is 0. The Morgan fingerprint density at radius 2 is 0.789 bits per heavy atom. The van der Waals surface area contributed by atoms with Crippen molar-refractivity contribution in [2.45, 2.75) is 78.1 Å². The highest BCUT2D eigenvalue weighted by Gasteiger charge is 2.07. The highest BCUT2D eigenvalue weighted by atomic mass is 14.5. The van der Waals surface area contributed by atoms with Gasteiger partial charge >= 0.3 is 0 Å². The van der Waals surface area contributed by atoms with E-state index in [9.17, 15) is 0 Å². The molecule has 0 atom stereocenters. The number of nitrogens with two attached hydrogens (primary N) is 2. The molecule has 0 amide bonds. The summed E-state index contributed by atoms with van der Waals surface area (Å²) in [7, 11) is 0. The predicted molar refractivity (Wildman–Crippen MR) is 165 cm³/mol. The molecule has 0 aliphatic carbocycles. The van der Waals surface area contributed by atoms with E-state index in [1.54, 1.807) is 0 Å². The molecule has 0 spiro atoms. The molecule has 198 valence electrons. The third kappa shape index (κ3) is 7.99. The zero-order valence-electron chi connectivity index (χ0n) is 23.3. The first-order valence-corrected chi connectivity index (χ1v) is 14.4. The summed E-state index contributed by atoms with van der Waals surface area (Å²) in [6.07, 6.45) is 11.1. The zero-order valence-corrected chi connectivity index (χ0v) is 23.3. The minimum atomic E-state index is 0.866. The normalized spacial score (nSPS) is 11.1. The summed E-state index contributed by atoms with van der Waals surface area (Å²) in [5.74, 6) is 0. The summed E-state index contributed by atoms with van der Waals surface area (Å²) in [5.41, 5.74) is 25.0. The first-order chi connectivity index (χ1) is 18.5. The van der Waals surface area contributed by atoms with E-state index in [0.717, 1.165) is 49.9 Å². The van der Waals surface area contributed by atoms with Gasteiger partial charge in [-0.1, -0.05) is 87.4 Å². The van der Waals surface area contributed by atoms with E-state index in [4.69, 9.17) is 11.5 Å². The average Bonchev–Trinajstić information content (AvgIpc) is 2.93. The van der Waals surface area contributed by atoms with Gasteiger partial charge in [0.25, 0.3) is 0 Å². The third-order valence-corrected chi connectivity index (χ3v) is 7.60. The van der Waals surface area contributed by atoms with Crippen molar-refractivity contribution >= 4 is 11.4 Å². The maximum atomic E-state index is 6.06. The highest BCUT2D eigenvalue weighted by molar-refractivity contribution is 5.47. The number of hydrogen-bond donors (Lipinski definition) is 2. The number of hydrogen-bond acceptors (Lipinski definition) is 2. The van der Waals surface area contributed by atoms with Gasteiger partial charge in [0.15, 0.2) is 0 Å². The maximum absolute atomic E-state index is 6.06. The smallest absolute Gasteiger partial charge is 0.0316 e. The van der Waals surface area contributed by atoms with Crippen molar-refractivity contribution in [1.29, 1.82) is 0 Å². The molecule has 0 saturated carbocycles. The van der Waals surface area contributed by atoms with Crippen LogP contribution in [-0.2, 0) is 38.5 Å². The molecule has 0 saturated heterocycles. The van der Waals surface area contributed by atoms with Crippen molar-refractivity contribution in [3.8, 4) is 0 Å². The van der Waals surface area contributed by atoms with E-state index < -0.39 is 0 Å². The fraction of sp³-hybridized carbons (Fsp3) is 0.333. The topological polar surface area (TPSA) is 52.0 Å². The lowest BCUT2D eigenvalue weighted by atomic mass is 9.94. The molecule has 0 fully saturated rings. The van der Waals surface area contributed by atoms with E-state index in [-0.39, 0.29) is 0 Å². The van der Waals surface area contributed by atoms with Crippen LogP contribution in [0.4, 0.5) is 11.4 Å². The Morgan fingerprint density at radius 3 is 1.16 bits per heavy atom. The zero-order chi connectivity index (χ0) is 26.7. The van der Waals surface area contributed by atoms with Gasteiger partial charge < -0.3 is 11.5 Å². The third-order valence-electron chi connectivity index (χ3n) is 7.60. The molecule has 4 N–H and O–H groups in total. The Bertz CT molecular complexity index is 1180. The molecule has 0 aromatic heterocycles. The van der Waals surface area contributed by atoms with Crippen LogP contribution in [0.3, 0.4) is 0 Å². The second-order valence-electron chi connectivity index (χ2n) is 10.7. The van der Waals surface area contributed by atoms with Crippen LogP contribution in [0.1, 0.15) is 84.0 Å². The van der Waals surface area contributed by atoms with Crippen LogP contribution >= 0.6 is 0 Å². The van der Waals surface area contributed by atoms with Gasteiger partial charge in [-0.2, -0.15) is 0 Å². The van der Waals surface area contributed by atoms with E-state index >= 15 is 0 Å². The van der Waals surface area contributed by atoms with Gasteiger partial charge in [-0.05, 0) is 120 Å². The summed E-state index contributed by atoms with van der Waals surface area (Å²) in [5, 5.41) is 0. The number of anilines is 2. The van der Waals surface area contributed by atoms with Crippen LogP contribution in [0.25, 0.3) is 0 Å². The fourth-order valence-corrected chi connectivity index (χ4v) is 5.21. The van der Waals surface area contributed by atoms with Gasteiger partial charge in [0.05, 0.1) is 0 Å². The minimum Gasteiger partial charge on any atom is -0.399 e. The van der Waals surface area contributed by atoms with Gasteiger partial charge in [-0.15, -0.1) is 0 Å². The number of aryl methyl sites for hydroxylation is 4. The monoisotopic (exact) mass is 504 g/mol. The molecule has 4 aromatic rings. The van der Waals surface area contributed by atoms with Crippen LogP contribution in [0.2, 0.25) is 0 Å². The molecule has 38 heavy (non-hydrogen) atoms. The van der Waals surface area contributed by atoms with Gasteiger partial charge in [-0.25, -0.2) is 0 Å². The summed E-state index contributed by atoms with van der Waals surface area (Å²) in [6, 6.07) is 31.2. The van der Waals surface area contributed by atoms with Crippen LogP contribution < -0.4 is 11.5 Å². The van der Waals surface area contributed by atoms with Crippen molar-refractivity contribution in [3.63, 3.8) is 0 Å². The molecular formula is C36H44N2. The molecule has 2 heteroatoms. The first kappa shape index (κ1) is 27.5. The lowest BCUT2D eigenvalue weighted by Crippen LogP contribution is -1.99. The van der Waals surface area contributed by atoms with Crippen molar-refractivity contribution in [3.05, 3.63) is 129 Å². The van der Waals surface area contributed by atoms with Crippen molar-refractivity contribution < 1.29 is 0 Å². The SMILES string of the molecule is CCCCc1cc(N)ccc1Cc1ccc(CCc2ccc(Cc3ccc(N)cc3CCCC)cc2)cc1. The average molecular weight is 505 g/mol. The van der Waals surface area contributed by atoms with Crippen LogP contribution in [0, 0.1) is 0 Å². The number of benzene rings is 4. The van der Waals surface area contributed by atoms with Gasteiger partial charge in [0.1, 0.15) is 0 Å². The molecule has 0 radical (unpaired) electrons. The molecule has 0 heterocycles. The van der Waals surface area contributed by atoms with E-state index in [2.05, 4.69) is 86.6 Å². The van der Waals surface area contributed by atoms with Crippen LogP contribution in [0.5, 0.6) is 0 Å². The summed E-state index contributed by atoms with van der Waals surface area (Å²) in [4.78, 5) is 0. The van der Waals surface area contributed by atoms with Crippen molar-refractivity contribution in [1.82, 2.24) is 0 Å². The first-order valence-electron chi connectivity index (χ1n) is 14.4. The molecule has 4 aromatic carbocycles. The highest BCUT2D eigenvalue weighted by Crippen LogP contribution is 2.22. The molecule has 0 aliphatic heterocycles. The minimum absolute atomic E-state index is 0.866. The Balaban J connectivity index is 1.32. The van der Waals surface area contributed by atoms with E-state index in [1.165, 1.54) is 70.2 Å². The lowest BCUT2D eigenvalue weighted by Gasteiger charge is -2.12. The summed E-state index contributed by atoms with van der Waals surface area (Å²) in [6.45, 7) is 4.48. The Hall–Kier alpha value is -3.52. The largest absolute Gasteiger partial charge is 0.399 e. The van der Waals surface area contributed by atoms with Crippen molar-refractivity contribution in [2.75, 3.05) is 11.5 Å². The maximum Gasteiger partial charge on any atom is 0.0316 e. The molecule has 0 unspecified atom stereocenters. The number of unbranched alkanes of at least 4 members (excludes halogenated alkanes) is 2. The van der Waals surface area contributed by atoms with Gasteiger partial charge in [0, 0.05) is 11.4 Å². The number of rotatable bonds is 13. The lowest BCUT2D eigenvalue weighted by molar-refractivity contribution is 0.789. The van der Waals surface area contributed by atoms with Gasteiger partial charge in [0.2, 0.25) is 0 Å². The fourth-order valence-electron chi connectivity index (χ4n) is 5.21. The van der Waals surface area contributed by atoms with E-state index in [0.29, 0.717) is 0 Å². The Morgan fingerprint density at radius 1 is 0.421 bits per heavy atom. The van der Waals surface area contributed by atoms with Crippen LogP contribution in [-0.4, -0.2) is 0 Å². The molecule has 2 nitrogen and oxygen atoms in total. The van der Waals surface area contributed by atoms with E-state index in [1.807, 2.05) is 12.1 Å². The van der Waals surface area contributed by atoms with Crippen molar-refractivity contribution in [2.24, 2.45) is 0 Å². The second kappa shape index (κ2) is 13.9. The quantitative estimate of drug-likeness (QED) is 0.179. The second-order valence-corrected chi connectivity index (χ2v) is 10.7. The van der Waals surface area contributed by atoms with Crippen LogP contribution in [0.15, 0.2) is 84.9 Å². The van der Waals surface area contributed by atoms with Gasteiger partial charge in [-0.3, -0.25) is 0 Å². The Kier molecular flexibility index (Phi) is 10.0. The molecule has 0 aliphatic rings. The number of nitrogen functional groups attached to an aromatic ring is 2. The standard InChI is InChI=1S/C36H44N2/c1-3-5-7-31-25-35(37)21-19-33(31)23-29-15-11-27(12-16-29)9-10-28-13-17-30(18-14-28)24-34-20-22-36(38)26-32(34)8-6-4-2/h11-22,25-26H,3-10,23-24,37-38H2,1-2H3. The molecular weight excluding hydrogens is 460 g/mol. The molecule has 0 bridgehead atoms. The summed E-state index contributed by atoms with van der Waals surface area (Å²) < 4.78 is 0. The predicted octanol–water partition coefficient (Wildman–Crippen LogP) is 8.50. The molecule has 4 rings (SSSR count). The Labute approximate surface area is 230 Å².